The Morgan fingerprint density at radius 3 is 2.89 bits per heavy atom. The van der Waals surface area contributed by atoms with Crippen molar-refractivity contribution in [2.75, 3.05) is 13.1 Å². The third-order valence-electron chi connectivity index (χ3n) is 3.39. The van der Waals surface area contributed by atoms with Gasteiger partial charge in [-0.25, -0.2) is 0 Å². The van der Waals surface area contributed by atoms with Crippen LogP contribution in [-0.2, 0) is 17.8 Å². The van der Waals surface area contributed by atoms with Crippen LogP contribution in [0.1, 0.15) is 36.9 Å². The molecule has 19 heavy (non-hydrogen) atoms. The van der Waals surface area contributed by atoms with Gasteiger partial charge in [0.15, 0.2) is 0 Å². The topological polar surface area (TPSA) is 32.3 Å². The van der Waals surface area contributed by atoms with E-state index in [4.69, 9.17) is 0 Å². The summed E-state index contributed by atoms with van der Waals surface area (Å²) in [7, 11) is 0. The van der Waals surface area contributed by atoms with Crippen molar-refractivity contribution in [2.45, 2.75) is 46.2 Å². The molecule has 3 nitrogen and oxygen atoms in total. The highest BCUT2D eigenvalue weighted by Gasteiger charge is 2.23. The van der Waals surface area contributed by atoms with Crippen molar-refractivity contribution in [3.05, 3.63) is 21.9 Å². The van der Waals surface area contributed by atoms with Crippen LogP contribution >= 0.6 is 11.3 Å². The first-order valence-corrected chi connectivity index (χ1v) is 7.91. The minimum absolute atomic E-state index is 0.0854. The van der Waals surface area contributed by atoms with Gasteiger partial charge in [0.1, 0.15) is 0 Å². The molecule has 1 aliphatic rings. The van der Waals surface area contributed by atoms with Crippen LogP contribution in [0.3, 0.4) is 0 Å². The van der Waals surface area contributed by atoms with E-state index in [1.165, 1.54) is 16.2 Å². The van der Waals surface area contributed by atoms with Crippen LogP contribution in [0.25, 0.3) is 0 Å². The summed E-state index contributed by atoms with van der Waals surface area (Å²) in [5, 5.41) is 3.01. The van der Waals surface area contributed by atoms with Crippen molar-refractivity contribution in [1.82, 2.24) is 10.2 Å². The molecule has 1 amide bonds. The molecule has 1 aromatic heterocycles. The lowest BCUT2D eigenvalue weighted by molar-refractivity contribution is -0.119. The van der Waals surface area contributed by atoms with E-state index in [1.807, 2.05) is 11.3 Å². The predicted molar refractivity (Wildman–Crippen MR) is 80.4 cm³/mol. The summed E-state index contributed by atoms with van der Waals surface area (Å²) in [6, 6.07) is 4.86. The molecule has 2 heterocycles. The number of amides is 1. The van der Waals surface area contributed by atoms with Crippen LogP contribution in [0.4, 0.5) is 0 Å². The van der Waals surface area contributed by atoms with Crippen molar-refractivity contribution >= 4 is 17.2 Å². The quantitative estimate of drug-likeness (QED) is 0.899. The number of rotatable bonds is 5. The van der Waals surface area contributed by atoms with E-state index in [9.17, 15) is 4.79 Å². The molecule has 1 aliphatic heterocycles. The van der Waals surface area contributed by atoms with Gasteiger partial charge in [-0.3, -0.25) is 9.69 Å². The van der Waals surface area contributed by atoms with Gasteiger partial charge in [-0.1, -0.05) is 13.8 Å². The van der Waals surface area contributed by atoms with Crippen molar-refractivity contribution in [3.8, 4) is 0 Å². The molecule has 1 saturated heterocycles. The average molecular weight is 280 g/mol. The van der Waals surface area contributed by atoms with E-state index in [0.29, 0.717) is 6.04 Å². The third-order valence-corrected chi connectivity index (χ3v) is 4.48. The van der Waals surface area contributed by atoms with Crippen molar-refractivity contribution in [2.24, 2.45) is 5.92 Å². The van der Waals surface area contributed by atoms with E-state index >= 15 is 0 Å². The van der Waals surface area contributed by atoms with Crippen molar-refractivity contribution < 1.29 is 4.79 Å². The second kappa shape index (κ2) is 6.53. The number of nitrogens with zero attached hydrogens (tertiary/aromatic N) is 1. The van der Waals surface area contributed by atoms with Crippen LogP contribution < -0.4 is 5.32 Å². The summed E-state index contributed by atoms with van der Waals surface area (Å²) in [5.41, 5.74) is 0. The number of hydrogen-bond acceptors (Lipinski definition) is 3. The molecule has 1 atom stereocenters. The van der Waals surface area contributed by atoms with Crippen molar-refractivity contribution in [3.63, 3.8) is 0 Å². The molecule has 1 aromatic rings. The lowest BCUT2D eigenvalue weighted by Crippen LogP contribution is -2.35. The fourth-order valence-electron chi connectivity index (χ4n) is 2.62. The number of likely N-dealkylation sites (tertiary alicyclic amines) is 1. The SMILES string of the molecule is CC(=O)NC1CCN(Cc2ccc(CC(C)C)s2)C1. The van der Waals surface area contributed by atoms with Gasteiger partial charge >= 0.3 is 0 Å². The zero-order valence-corrected chi connectivity index (χ0v) is 12.9. The monoisotopic (exact) mass is 280 g/mol. The lowest BCUT2D eigenvalue weighted by atomic mass is 10.1. The fraction of sp³-hybridized carbons (Fsp3) is 0.667. The first kappa shape index (κ1) is 14.5. The van der Waals surface area contributed by atoms with Crippen LogP contribution in [0.5, 0.6) is 0 Å². The van der Waals surface area contributed by atoms with Gasteiger partial charge in [0.2, 0.25) is 5.91 Å². The molecule has 4 heteroatoms. The van der Waals surface area contributed by atoms with Crippen LogP contribution in [0, 0.1) is 5.92 Å². The minimum Gasteiger partial charge on any atom is -0.352 e. The highest BCUT2D eigenvalue weighted by molar-refractivity contribution is 7.11. The normalized spacial score (nSPS) is 20.1. The Balaban J connectivity index is 1.82. The van der Waals surface area contributed by atoms with Crippen LogP contribution in [-0.4, -0.2) is 29.9 Å². The largest absolute Gasteiger partial charge is 0.352 e. The van der Waals surface area contributed by atoms with E-state index in [2.05, 4.69) is 36.2 Å². The predicted octanol–water partition coefficient (Wildman–Crippen LogP) is 2.66. The summed E-state index contributed by atoms with van der Waals surface area (Å²) >= 11 is 1.93. The Hall–Kier alpha value is -0.870. The second-order valence-electron chi connectivity index (χ2n) is 5.89. The molecule has 0 saturated carbocycles. The second-order valence-corrected chi connectivity index (χ2v) is 7.14. The lowest BCUT2D eigenvalue weighted by Gasteiger charge is -2.15. The summed E-state index contributed by atoms with van der Waals surface area (Å²) in [4.78, 5) is 16.4. The van der Waals surface area contributed by atoms with Crippen LogP contribution in [0.2, 0.25) is 0 Å². The number of carbonyl (C=O) groups excluding carboxylic acids is 1. The maximum absolute atomic E-state index is 11.0. The summed E-state index contributed by atoms with van der Waals surface area (Å²) in [5.74, 6) is 0.810. The standard InChI is InChI=1S/C15H24N2OS/c1-11(2)8-14-4-5-15(19-14)10-17-7-6-13(9-17)16-12(3)18/h4-5,11,13H,6-10H2,1-3H3,(H,16,18). The smallest absolute Gasteiger partial charge is 0.217 e. The molecule has 1 N–H and O–H groups in total. The molecule has 0 bridgehead atoms. The van der Waals surface area contributed by atoms with Gasteiger partial charge in [-0.05, 0) is 30.9 Å². The van der Waals surface area contributed by atoms with Gasteiger partial charge in [-0.2, -0.15) is 0 Å². The summed E-state index contributed by atoms with van der Waals surface area (Å²) in [6.07, 6.45) is 2.25. The summed E-state index contributed by atoms with van der Waals surface area (Å²) < 4.78 is 0. The highest BCUT2D eigenvalue weighted by Crippen LogP contribution is 2.22. The summed E-state index contributed by atoms with van der Waals surface area (Å²) in [6.45, 7) is 9.22. The number of carbonyl (C=O) groups is 1. The molecule has 1 unspecified atom stereocenters. The van der Waals surface area contributed by atoms with Gasteiger partial charge in [0.25, 0.3) is 0 Å². The van der Waals surface area contributed by atoms with Gasteiger partial charge < -0.3 is 5.32 Å². The van der Waals surface area contributed by atoms with E-state index in [-0.39, 0.29) is 5.91 Å². The maximum Gasteiger partial charge on any atom is 0.217 e. The number of hydrogen-bond donors (Lipinski definition) is 1. The first-order valence-electron chi connectivity index (χ1n) is 7.10. The Morgan fingerprint density at radius 1 is 1.47 bits per heavy atom. The average Bonchev–Trinajstić information content (AvgIpc) is 2.88. The molecule has 0 radical (unpaired) electrons. The zero-order valence-electron chi connectivity index (χ0n) is 12.1. The first-order chi connectivity index (χ1) is 9.02. The molecular formula is C15H24N2OS. The molecule has 106 valence electrons. The number of nitrogens with one attached hydrogen (secondary N) is 1. The maximum atomic E-state index is 11.0. The number of thiophene rings is 1. The molecule has 1 fully saturated rings. The minimum atomic E-state index is 0.0854. The van der Waals surface area contributed by atoms with E-state index in [1.54, 1.807) is 6.92 Å². The molecule has 0 aliphatic carbocycles. The Morgan fingerprint density at radius 2 is 2.21 bits per heavy atom. The van der Waals surface area contributed by atoms with Crippen molar-refractivity contribution in [1.29, 1.82) is 0 Å². The highest BCUT2D eigenvalue weighted by atomic mass is 32.1. The zero-order chi connectivity index (χ0) is 13.8. The Bertz CT molecular complexity index is 428. The van der Waals surface area contributed by atoms with Gasteiger partial charge in [0.05, 0.1) is 0 Å². The molecule has 0 aromatic carbocycles. The molecule has 0 spiro atoms. The molecule has 2 rings (SSSR count). The van der Waals surface area contributed by atoms with Gasteiger partial charge in [0, 0.05) is 42.4 Å². The third kappa shape index (κ3) is 4.62. The van der Waals surface area contributed by atoms with Crippen LogP contribution in [0.15, 0.2) is 12.1 Å². The molecular weight excluding hydrogens is 256 g/mol. The van der Waals surface area contributed by atoms with Gasteiger partial charge in [-0.15, -0.1) is 11.3 Å². The van der Waals surface area contributed by atoms with E-state index in [0.717, 1.165) is 32.0 Å². The Labute approximate surface area is 120 Å². The Kier molecular flexibility index (Phi) is 4.99. The van der Waals surface area contributed by atoms with E-state index < -0.39 is 0 Å². The fourth-order valence-corrected chi connectivity index (χ4v) is 3.89.